The van der Waals surface area contributed by atoms with E-state index in [9.17, 15) is 0 Å². The van der Waals surface area contributed by atoms with E-state index in [-0.39, 0.29) is 6.04 Å². The molecule has 0 saturated heterocycles. The molecule has 2 rings (SSSR count). The molecule has 2 N–H and O–H groups in total. The molecule has 0 saturated carbocycles. The summed E-state index contributed by atoms with van der Waals surface area (Å²) in [7, 11) is 1.66. The molecule has 1 unspecified atom stereocenters. The maximum absolute atomic E-state index is 5.54. The van der Waals surface area contributed by atoms with Crippen molar-refractivity contribution in [1.29, 1.82) is 0 Å². The Labute approximate surface area is 101 Å². The predicted molar refractivity (Wildman–Crippen MR) is 67.4 cm³/mol. The first-order valence-electron chi connectivity index (χ1n) is 5.87. The lowest BCUT2D eigenvalue weighted by Gasteiger charge is -2.06. The van der Waals surface area contributed by atoms with Gasteiger partial charge in [-0.15, -0.1) is 0 Å². The van der Waals surface area contributed by atoms with Crippen molar-refractivity contribution in [3.05, 3.63) is 29.8 Å². The van der Waals surface area contributed by atoms with E-state index >= 15 is 0 Å². The average molecular weight is 234 g/mol. The molecule has 92 valence electrons. The monoisotopic (exact) mass is 234 g/mol. The van der Waals surface area contributed by atoms with Crippen LogP contribution in [0.15, 0.2) is 29.3 Å². The molecule has 1 aliphatic heterocycles. The highest BCUT2D eigenvalue weighted by molar-refractivity contribution is 5.77. The highest BCUT2D eigenvalue weighted by Crippen LogP contribution is 2.25. The Bertz CT molecular complexity index is 387. The van der Waals surface area contributed by atoms with Crippen molar-refractivity contribution in [3.8, 4) is 5.75 Å². The third kappa shape index (κ3) is 2.97. The molecular weight excluding hydrogens is 216 g/mol. The zero-order chi connectivity index (χ0) is 12.1. The van der Waals surface area contributed by atoms with Gasteiger partial charge in [-0.25, -0.2) is 4.99 Å². The van der Waals surface area contributed by atoms with Gasteiger partial charge in [0.25, 0.3) is 0 Å². The van der Waals surface area contributed by atoms with E-state index in [4.69, 9.17) is 15.2 Å². The second-order valence-electron chi connectivity index (χ2n) is 4.02. The highest BCUT2D eigenvalue weighted by Gasteiger charge is 2.19. The summed E-state index contributed by atoms with van der Waals surface area (Å²) in [4.78, 5) is 4.55. The van der Waals surface area contributed by atoms with Crippen molar-refractivity contribution >= 4 is 5.90 Å². The van der Waals surface area contributed by atoms with Crippen LogP contribution in [0.25, 0.3) is 0 Å². The number of benzene rings is 1. The summed E-state index contributed by atoms with van der Waals surface area (Å²) in [5, 5.41) is 0. The van der Waals surface area contributed by atoms with Gasteiger partial charge in [-0.1, -0.05) is 12.1 Å². The number of rotatable bonds is 5. The molecule has 0 spiro atoms. The molecule has 4 nitrogen and oxygen atoms in total. The Morgan fingerprint density at radius 2 is 2.18 bits per heavy atom. The molecule has 0 aromatic heterocycles. The highest BCUT2D eigenvalue weighted by atomic mass is 16.5. The van der Waals surface area contributed by atoms with E-state index in [1.165, 1.54) is 0 Å². The summed E-state index contributed by atoms with van der Waals surface area (Å²) in [6.07, 6.45) is 1.76. The van der Waals surface area contributed by atoms with Gasteiger partial charge in [-0.05, 0) is 30.7 Å². The molecule has 0 radical (unpaired) electrons. The predicted octanol–water partition coefficient (Wildman–Crippen LogP) is 1.90. The average Bonchev–Trinajstić information content (AvgIpc) is 2.85. The van der Waals surface area contributed by atoms with Crippen molar-refractivity contribution in [3.63, 3.8) is 0 Å². The van der Waals surface area contributed by atoms with Gasteiger partial charge in [0.1, 0.15) is 18.4 Å². The molecule has 1 aliphatic rings. The number of methoxy groups -OCH3 is 1. The molecular formula is C13H18N2O2. The normalized spacial score (nSPS) is 18.7. The molecule has 1 atom stereocenters. The fourth-order valence-electron chi connectivity index (χ4n) is 1.81. The topological polar surface area (TPSA) is 56.8 Å². The van der Waals surface area contributed by atoms with E-state index in [1.807, 2.05) is 24.3 Å². The SMILES string of the molecule is COc1ccc(C2COC(CCCN)=N2)cc1. The first-order chi connectivity index (χ1) is 8.33. The third-order valence-corrected chi connectivity index (χ3v) is 2.80. The lowest BCUT2D eigenvalue weighted by molar-refractivity contribution is 0.311. The van der Waals surface area contributed by atoms with Crippen LogP contribution >= 0.6 is 0 Å². The number of nitrogens with zero attached hydrogens (tertiary/aromatic N) is 1. The van der Waals surface area contributed by atoms with Gasteiger partial charge >= 0.3 is 0 Å². The van der Waals surface area contributed by atoms with E-state index in [2.05, 4.69) is 4.99 Å². The summed E-state index contributed by atoms with van der Waals surface area (Å²) in [6.45, 7) is 1.31. The summed E-state index contributed by atoms with van der Waals surface area (Å²) >= 11 is 0. The van der Waals surface area contributed by atoms with Gasteiger partial charge in [0.15, 0.2) is 5.90 Å². The summed E-state index contributed by atoms with van der Waals surface area (Å²) in [5.74, 6) is 1.69. The van der Waals surface area contributed by atoms with Crippen molar-refractivity contribution in [2.24, 2.45) is 10.7 Å². The molecule has 1 heterocycles. The quantitative estimate of drug-likeness (QED) is 0.846. The van der Waals surface area contributed by atoms with Gasteiger partial charge < -0.3 is 15.2 Å². The van der Waals surface area contributed by atoms with Crippen LogP contribution in [-0.2, 0) is 4.74 Å². The molecule has 0 aliphatic carbocycles. The number of nitrogens with two attached hydrogens (primary N) is 1. The van der Waals surface area contributed by atoms with Gasteiger partial charge in [0.2, 0.25) is 0 Å². The van der Waals surface area contributed by atoms with Crippen LogP contribution in [-0.4, -0.2) is 26.2 Å². The smallest absolute Gasteiger partial charge is 0.184 e. The Morgan fingerprint density at radius 1 is 1.41 bits per heavy atom. The van der Waals surface area contributed by atoms with Crippen LogP contribution in [0.3, 0.4) is 0 Å². The largest absolute Gasteiger partial charge is 0.497 e. The molecule has 0 bridgehead atoms. The standard InChI is InChI=1S/C13H18N2O2/c1-16-11-6-4-10(5-7-11)12-9-17-13(15-12)3-2-8-14/h4-7,12H,2-3,8-9,14H2,1H3. The van der Waals surface area contributed by atoms with Gasteiger partial charge in [-0.2, -0.15) is 0 Å². The molecule has 0 fully saturated rings. The van der Waals surface area contributed by atoms with Crippen LogP contribution in [0.5, 0.6) is 5.75 Å². The molecule has 1 aromatic carbocycles. The number of aliphatic imine (C=N–C) groups is 1. The van der Waals surface area contributed by atoms with Crippen LogP contribution in [0, 0.1) is 0 Å². The van der Waals surface area contributed by atoms with Gasteiger partial charge in [0, 0.05) is 6.42 Å². The lowest BCUT2D eigenvalue weighted by atomic mass is 10.1. The zero-order valence-electron chi connectivity index (χ0n) is 10.1. The van der Waals surface area contributed by atoms with Crippen LogP contribution in [0.4, 0.5) is 0 Å². The van der Waals surface area contributed by atoms with Gasteiger partial charge in [-0.3, -0.25) is 0 Å². The van der Waals surface area contributed by atoms with E-state index in [1.54, 1.807) is 7.11 Å². The van der Waals surface area contributed by atoms with Crippen molar-refractivity contribution < 1.29 is 9.47 Å². The first kappa shape index (κ1) is 11.9. The maximum atomic E-state index is 5.54. The number of hydrogen-bond donors (Lipinski definition) is 1. The minimum Gasteiger partial charge on any atom is -0.497 e. The Morgan fingerprint density at radius 3 is 2.82 bits per heavy atom. The third-order valence-electron chi connectivity index (χ3n) is 2.80. The van der Waals surface area contributed by atoms with E-state index < -0.39 is 0 Å². The van der Waals surface area contributed by atoms with E-state index in [0.717, 1.165) is 30.1 Å². The van der Waals surface area contributed by atoms with Crippen molar-refractivity contribution in [1.82, 2.24) is 0 Å². The van der Waals surface area contributed by atoms with Crippen molar-refractivity contribution in [2.45, 2.75) is 18.9 Å². The van der Waals surface area contributed by atoms with Crippen LogP contribution in [0.2, 0.25) is 0 Å². The van der Waals surface area contributed by atoms with E-state index in [0.29, 0.717) is 13.2 Å². The second kappa shape index (κ2) is 5.68. The zero-order valence-corrected chi connectivity index (χ0v) is 10.1. The van der Waals surface area contributed by atoms with Crippen LogP contribution in [0.1, 0.15) is 24.4 Å². The molecule has 4 heteroatoms. The Balaban J connectivity index is 2.00. The fourth-order valence-corrected chi connectivity index (χ4v) is 1.81. The van der Waals surface area contributed by atoms with Crippen LogP contribution < -0.4 is 10.5 Å². The summed E-state index contributed by atoms with van der Waals surface area (Å²) < 4.78 is 10.7. The fraction of sp³-hybridized carbons (Fsp3) is 0.462. The molecule has 1 aromatic rings. The second-order valence-corrected chi connectivity index (χ2v) is 4.02. The first-order valence-corrected chi connectivity index (χ1v) is 5.87. The minimum atomic E-state index is 0.119. The Kier molecular flexibility index (Phi) is 3.98. The molecule has 17 heavy (non-hydrogen) atoms. The summed E-state index contributed by atoms with van der Waals surface area (Å²) in [6, 6.07) is 8.07. The number of ether oxygens (including phenoxy) is 2. The summed E-state index contributed by atoms with van der Waals surface area (Å²) in [5.41, 5.74) is 6.62. The van der Waals surface area contributed by atoms with Crippen molar-refractivity contribution in [2.75, 3.05) is 20.3 Å². The maximum Gasteiger partial charge on any atom is 0.184 e. The molecule has 0 amide bonds. The van der Waals surface area contributed by atoms with Gasteiger partial charge in [0.05, 0.1) is 7.11 Å². The lowest BCUT2D eigenvalue weighted by Crippen LogP contribution is -2.04. The minimum absolute atomic E-state index is 0.119. The Hall–Kier alpha value is -1.55. The number of hydrogen-bond acceptors (Lipinski definition) is 4.